The molecule has 0 saturated heterocycles. The Kier molecular flexibility index (Phi) is 25.2. The molecule has 0 heterocycles. The van der Waals surface area contributed by atoms with Gasteiger partial charge in [0, 0.05) is 60.0 Å². The molecule has 0 saturated carbocycles. The van der Waals surface area contributed by atoms with Crippen molar-refractivity contribution in [1.82, 2.24) is 16.0 Å². The standard InChI is InChI=1S/C26H57N3O4Si/c1-5-6-7-8-9-10-11-12-13-14-15-16-17-19-26(30)29-24-23-28-22-21-27-20-18-25-34(31-2,32-3)33-4/h27-28H,5-25H2,1-4H3,(H,29,30). The molecule has 0 aliphatic rings. The van der Waals surface area contributed by atoms with Gasteiger partial charge >= 0.3 is 8.80 Å². The molecular formula is C26H57N3O4Si. The van der Waals surface area contributed by atoms with E-state index in [9.17, 15) is 4.79 Å². The van der Waals surface area contributed by atoms with Crippen LogP contribution in [0.4, 0.5) is 0 Å². The summed E-state index contributed by atoms with van der Waals surface area (Å²) < 4.78 is 16.3. The number of nitrogens with one attached hydrogen (secondary N) is 3. The van der Waals surface area contributed by atoms with E-state index in [1.54, 1.807) is 21.3 Å². The quantitative estimate of drug-likeness (QED) is 0.108. The van der Waals surface area contributed by atoms with Gasteiger partial charge in [-0.1, -0.05) is 84.0 Å². The van der Waals surface area contributed by atoms with Crippen molar-refractivity contribution in [3.63, 3.8) is 0 Å². The Hall–Kier alpha value is -0.513. The number of amides is 1. The van der Waals surface area contributed by atoms with Crippen molar-refractivity contribution in [2.45, 2.75) is 109 Å². The highest BCUT2D eigenvalue weighted by Gasteiger charge is 2.36. The highest BCUT2D eigenvalue weighted by Crippen LogP contribution is 2.14. The molecule has 3 N–H and O–H groups in total. The summed E-state index contributed by atoms with van der Waals surface area (Å²) in [5.41, 5.74) is 0. The van der Waals surface area contributed by atoms with Crippen LogP contribution in [0.2, 0.25) is 6.04 Å². The Morgan fingerprint density at radius 1 is 0.588 bits per heavy atom. The lowest BCUT2D eigenvalue weighted by Gasteiger charge is -2.24. The van der Waals surface area contributed by atoms with Gasteiger partial charge in [0.2, 0.25) is 5.91 Å². The first kappa shape index (κ1) is 33.5. The maximum atomic E-state index is 11.9. The van der Waals surface area contributed by atoms with E-state index in [1.165, 1.54) is 77.0 Å². The summed E-state index contributed by atoms with van der Waals surface area (Å²) in [6.45, 7) is 6.46. The monoisotopic (exact) mass is 503 g/mol. The first-order valence-corrected chi connectivity index (χ1v) is 15.9. The predicted octanol–water partition coefficient (Wildman–Crippen LogP) is 5.03. The van der Waals surface area contributed by atoms with Crippen LogP contribution in [0.5, 0.6) is 0 Å². The number of hydrogen-bond donors (Lipinski definition) is 3. The van der Waals surface area contributed by atoms with Gasteiger partial charge in [0.05, 0.1) is 0 Å². The van der Waals surface area contributed by atoms with Gasteiger partial charge in [-0.3, -0.25) is 4.79 Å². The molecule has 0 aliphatic carbocycles. The van der Waals surface area contributed by atoms with Crippen molar-refractivity contribution in [1.29, 1.82) is 0 Å². The normalized spacial score (nSPS) is 11.8. The van der Waals surface area contributed by atoms with E-state index >= 15 is 0 Å². The fourth-order valence-electron chi connectivity index (χ4n) is 4.09. The van der Waals surface area contributed by atoms with Crippen LogP contribution in [-0.2, 0) is 18.1 Å². The van der Waals surface area contributed by atoms with E-state index in [0.29, 0.717) is 13.0 Å². The number of carbonyl (C=O) groups is 1. The van der Waals surface area contributed by atoms with Crippen LogP contribution in [0.3, 0.4) is 0 Å². The van der Waals surface area contributed by atoms with E-state index in [2.05, 4.69) is 22.9 Å². The Balaban J connectivity index is 3.30. The Morgan fingerprint density at radius 3 is 1.53 bits per heavy atom. The van der Waals surface area contributed by atoms with Gasteiger partial charge in [-0.05, 0) is 19.4 Å². The van der Waals surface area contributed by atoms with Gasteiger partial charge in [0.15, 0.2) is 0 Å². The molecule has 0 aromatic heterocycles. The van der Waals surface area contributed by atoms with Crippen molar-refractivity contribution < 1.29 is 18.1 Å². The highest BCUT2D eigenvalue weighted by molar-refractivity contribution is 6.60. The summed E-state index contributed by atoms with van der Waals surface area (Å²) in [5.74, 6) is 0.185. The lowest BCUT2D eigenvalue weighted by molar-refractivity contribution is -0.121. The lowest BCUT2D eigenvalue weighted by Crippen LogP contribution is -2.43. The van der Waals surface area contributed by atoms with E-state index in [1.807, 2.05) is 0 Å². The average Bonchev–Trinajstić information content (AvgIpc) is 2.86. The molecule has 1 amide bonds. The Labute approximate surface area is 212 Å². The van der Waals surface area contributed by atoms with Gasteiger partial charge in [-0.15, -0.1) is 0 Å². The summed E-state index contributed by atoms with van der Waals surface area (Å²) in [7, 11) is 2.50. The molecule has 0 radical (unpaired) electrons. The number of rotatable bonds is 27. The molecule has 0 atom stereocenters. The molecule has 0 spiro atoms. The third-order valence-electron chi connectivity index (χ3n) is 6.38. The summed E-state index contributed by atoms with van der Waals surface area (Å²) in [4.78, 5) is 11.9. The minimum atomic E-state index is -2.44. The minimum Gasteiger partial charge on any atom is -0.377 e. The summed E-state index contributed by atoms with van der Waals surface area (Å²) in [6.07, 6.45) is 18.9. The van der Waals surface area contributed by atoms with Crippen molar-refractivity contribution in [3.05, 3.63) is 0 Å². The second-order valence-electron chi connectivity index (χ2n) is 9.24. The van der Waals surface area contributed by atoms with Crippen LogP contribution < -0.4 is 16.0 Å². The fourth-order valence-corrected chi connectivity index (χ4v) is 5.82. The third-order valence-corrected chi connectivity index (χ3v) is 9.21. The zero-order valence-electron chi connectivity index (χ0n) is 23.0. The zero-order valence-corrected chi connectivity index (χ0v) is 24.0. The van der Waals surface area contributed by atoms with E-state index in [4.69, 9.17) is 13.3 Å². The topological polar surface area (TPSA) is 80.9 Å². The smallest absolute Gasteiger partial charge is 0.377 e. The number of carbonyl (C=O) groups excluding carboxylic acids is 1. The van der Waals surface area contributed by atoms with Crippen molar-refractivity contribution >= 4 is 14.7 Å². The molecule has 0 aromatic carbocycles. The summed E-state index contributed by atoms with van der Waals surface area (Å²) in [6, 6.07) is 0.808. The first-order valence-electron chi connectivity index (χ1n) is 14.0. The highest BCUT2D eigenvalue weighted by atomic mass is 28.4. The fraction of sp³-hybridized carbons (Fsp3) is 0.962. The van der Waals surface area contributed by atoms with Crippen molar-refractivity contribution in [3.8, 4) is 0 Å². The molecule has 0 rings (SSSR count). The lowest BCUT2D eigenvalue weighted by atomic mass is 10.0. The number of unbranched alkanes of at least 4 members (excludes halogenated alkanes) is 12. The first-order chi connectivity index (χ1) is 16.6. The van der Waals surface area contributed by atoms with E-state index < -0.39 is 8.80 Å². The summed E-state index contributed by atoms with van der Waals surface area (Å²) in [5, 5.41) is 9.77. The maximum absolute atomic E-state index is 11.9. The van der Waals surface area contributed by atoms with Crippen molar-refractivity contribution in [2.75, 3.05) is 54.1 Å². The minimum absolute atomic E-state index is 0.185. The molecule has 8 heteroatoms. The van der Waals surface area contributed by atoms with Crippen LogP contribution in [0, 0.1) is 0 Å². The van der Waals surface area contributed by atoms with Crippen LogP contribution in [0.15, 0.2) is 0 Å². The Bertz CT molecular complexity index is 432. The number of hydrogen-bond acceptors (Lipinski definition) is 6. The van der Waals surface area contributed by atoms with Crippen LogP contribution >= 0.6 is 0 Å². The Morgan fingerprint density at radius 2 is 1.03 bits per heavy atom. The van der Waals surface area contributed by atoms with Crippen LogP contribution in [-0.4, -0.2) is 68.8 Å². The van der Waals surface area contributed by atoms with Crippen molar-refractivity contribution in [2.24, 2.45) is 0 Å². The molecule has 34 heavy (non-hydrogen) atoms. The largest absolute Gasteiger partial charge is 0.500 e. The van der Waals surface area contributed by atoms with E-state index in [0.717, 1.165) is 45.1 Å². The van der Waals surface area contributed by atoms with Crippen LogP contribution in [0.1, 0.15) is 103 Å². The van der Waals surface area contributed by atoms with Gasteiger partial charge in [0.25, 0.3) is 0 Å². The van der Waals surface area contributed by atoms with E-state index in [-0.39, 0.29) is 5.91 Å². The average molecular weight is 504 g/mol. The molecule has 7 nitrogen and oxygen atoms in total. The maximum Gasteiger partial charge on any atom is 0.500 e. The molecule has 204 valence electrons. The van der Waals surface area contributed by atoms with Gasteiger partial charge in [0.1, 0.15) is 0 Å². The second-order valence-corrected chi connectivity index (χ2v) is 12.3. The third kappa shape index (κ3) is 20.8. The van der Waals surface area contributed by atoms with Gasteiger partial charge in [-0.2, -0.15) is 0 Å². The molecule has 0 aromatic rings. The van der Waals surface area contributed by atoms with Gasteiger partial charge in [-0.25, -0.2) is 0 Å². The molecule has 0 aliphatic heterocycles. The SMILES string of the molecule is CCCCCCCCCCCCCCCC(=O)NCCNCCNCCC[Si](OC)(OC)OC. The molecule has 0 bridgehead atoms. The predicted molar refractivity (Wildman–Crippen MR) is 145 cm³/mol. The second kappa shape index (κ2) is 25.6. The van der Waals surface area contributed by atoms with Gasteiger partial charge < -0.3 is 29.2 Å². The molecule has 0 fully saturated rings. The van der Waals surface area contributed by atoms with Crippen LogP contribution in [0.25, 0.3) is 0 Å². The summed E-state index contributed by atoms with van der Waals surface area (Å²) >= 11 is 0. The zero-order chi connectivity index (χ0) is 25.2. The molecular weight excluding hydrogens is 446 g/mol. The molecule has 0 unspecified atom stereocenters.